The number of urea groups is 1. The number of nitrogens with one attached hydrogen (secondary N) is 1. The first kappa shape index (κ1) is 28.2. The highest BCUT2D eigenvalue weighted by Gasteiger charge is 2.38. The third-order valence-electron chi connectivity index (χ3n) is 5.73. The topological polar surface area (TPSA) is 154 Å². The highest BCUT2D eigenvalue weighted by molar-refractivity contribution is 6.39. The van der Waals surface area contributed by atoms with Gasteiger partial charge in [-0.3, -0.25) is 25.0 Å². The molecule has 1 heterocycles. The Kier molecular flexibility index (Phi) is 8.53. The van der Waals surface area contributed by atoms with Crippen LogP contribution in [0, 0.1) is 10.1 Å². The molecular formula is C29H23N3O9. The van der Waals surface area contributed by atoms with Gasteiger partial charge in [-0.05, 0) is 66.6 Å². The third-order valence-corrected chi connectivity index (χ3v) is 5.73. The molecular weight excluding hydrogens is 534 g/mol. The summed E-state index contributed by atoms with van der Waals surface area (Å²) in [5.41, 5.74) is 0.689. The molecule has 0 saturated carbocycles. The molecule has 1 fully saturated rings. The molecule has 1 saturated heterocycles. The number of carbonyl (C=O) groups excluding carboxylic acids is 4. The number of non-ortho nitro benzene ring substituents is 1. The number of esters is 1. The molecule has 0 aromatic heterocycles. The van der Waals surface area contributed by atoms with E-state index >= 15 is 0 Å². The smallest absolute Gasteiger partial charge is 0.336 e. The van der Waals surface area contributed by atoms with E-state index < -0.39 is 28.7 Å². The number of hydrogen-bond donors (Lipinski definition) is 1. The minimum absolute atomic E-state index is 0.0763. The van der Waals surface area contributed by atoms with Gasteiger partial charge in [-0.25, -0.2) is 14.5 Å². The van der Waals surface area contributed by atoms with Crippen LogP contribution in [0.1, 0.15) is 18.1 Å². The lowest BCUT2D eigenvalue weighted by Crippen LogP contribution is -2.54. The Hall–Kier alpha value is -5.78. The molecule has 0 bridgehead atoms. The van der Waals surface area contributed by atoms with E-state index in [1.165, 1.54) is 67.8 Å². The lowest BCUT2D eigenvalue weighted by atomic mass is 10.1. The van der Waals surface area contributed by atoms with Crippen molar-refractivity contribution in [1.29, 1.82) is 0 Å². The number of para-hydroxylation sites is 2. The third kappa shape index (κ3) is 6.45. The molecule has 12 heteroatoms. The lowest BCUT2D eigenvalue weighted by molar-refractivity contribution is -0.384. The minimum Gasteiger partial charge on any atom is -0.495 e. The Morgan fingerprint density at radius 3 is 2.37 bits per heavy atom. The molecule has 208 valence electrons. The first-order valence-corrected chi connectivity index (χ1v) is 12.2. The summed E-state index contributed by atoms with van der Waals surface area (Å²) in [6.07, 6.45) is 3.88. The van der Waals surface area contributed by atoms with Crippen molar-refractivity contribution in [3.05, 3.63) is 99.6 Å². The Morgan fingerprint density at radius 1 is 0.976 bits per heavy atom. The summed E-state index contributed by atoms with van der Waals surface area (Å²) < 4.78 is 16.2. The quantitative estimate of drug-likeness (QED) is 0.101. The average Bonchev–Trinajstić information content (AvgIpc) is 2.96. The molecule has 1 aliphatic heterocycles. The number of barbiturate groups is 1. The summed E-state index contributed by atoms with van der Waals surface area (Å²) in [4.78, 5) is 61.9. The van der Waals surface area contributed by atoms with Gasteiger partial charge in [0.25, 0.3) is 17.5 Å². The van der Waals surface area contributed by atoms with Crippen molar-refractivity contribution in [2.24, 2.45) is 0 Å². The zero-order valence-electron chi connectivity index (χ0n) is 21.9. The lowest BCUT2D eigenvalue weighted by Gasteiger charge is -2.27. The van der Waals surface area contributed by atoms with Gasteiger partial charge in [-0.1, -0.05) is 18.2 Å². The number of anilines is 1. The van der Waals surface area contributed by atoms with Crippen LogP contribution in [-0.4, -0.2) is 42.5 Å². The molecule has 1 aliphatic rings. The number of amides is 4. The number of nitro groups is 1. The Labute approximate surface area is 233 Å². The number of carbonyl (C=O) groups is 4. The second-order valence-corrected chi connectivity index (χ2v) is 8.37. The minimum atomic E-state index is -0.916. The summed E-state index contributed by atoms with van der Waals surface area (Å²) >= 11 is 0. The monoisotopic (exact) mass is 557 g/mol. The number of methoxy groups -OCH3 is 1. The second kappa shape index (κ2) is 12.4. The summed E-state index contributed by atoms with van der Waals surface area (Å²) in [6, 6.07) is 15.5. The average molecular weight is 558 g/mol. The fraction of sp³-hybridized carbons (Fsp3) is 0.103. The summed E-state index contributed by atoms with van der Waals surface area (Å²) in [7, 11) is 1.39. The molecule has 4 rings (SSSR count). The van der Waals surface area contributed by atoms with Gasteiger partial charge in [0.15, 0.2) is 11.5 Å². The van der Waals surface area contributed by atoms with Crippen LogP contribution in [0.5, 0.6) is 17.2 Å². The summed E-state index contributed by atoms with van der Waals surface area (Å²) in [6.45, 7) is 1.94. The van der Waals surface area contributed by atoms with Crippen molar-refractivity contribution in [3.8, 4) is 17.2 Å². The van der Waals surface area contributed by atoms with Gasteiger partial charge in [0.05, 0.1) is 24.3 Å². The largest absolute Gasteiger partial charge is 0.495 e. The first-order valence-electron chi connectivity index (χ1n) is 12.2. The molecule has 0 radical (unpaired) electrons. The van der Waals surface area contributed by atoms with Crippen LogP contribution in [0.15, 0.2) is 78.4 Å². The zero-order chi connectivity index (χ0) is 29.5. The van der Waals surface area contributed by atoms with E-state index in [1.54, 1.807) is 25.1 Å². The van der Waals surface area contributed by atoms with Gasteiger partial charge in [0.1, 0.15) is 11.3 Å². The molecule has 41 heavy (non-hydrogen) atoms. The number of imide groups is 2. The van der Waals surface area contributed by atoms with Crippen molar-refractivity contribution in [3.63, 3.8) is 0 Å². The van der Waals surface area contributed by atoms with E-state index in [0.29, 0.717) is 11.1 Å². The summed E-state index contributed by atoms with van der Waals surface area (Å²) in [5, 5.41) is 12.9. The number of hydrogen-bond acceptors (Lipinski definition) is 9. The normalized spacial score (nSPS) is 14.2. The van der Waals surface area contributed by atoms with Crippen molar-refractivity contribution in [2.75, 3.05) is 18.6 Å². The molecule has 0 unspecified atom stereocenters. The molecule has 0 spiro atoms. The molecule has 12 nitrogen and oxygen atoms in total. The molecule has 3 aromatic rings. The van der Waals surface area contributed by atoms with Crippen LogP contribution in [0.2, 0.25) is 0 Å². The highest BCUT2D eigenvalue weighted by Crippen LogP contribution is 2.32. The maximum atomic E-state index is 13.3. The molecule has 3 aromatic carbocycles. The van der Waals surface area contributed by atoms with E-state index in [9.17, 15) is 29.3 Å². The van der Waals surface area contributed by atoms with Crippen molar-refractivity contribution in [1.82, 2.24) is 5.32 Å². The van der Waals surface area contributed by atoms with Crippen LogP contribution in [0.25, 0.3) is 12.2 Å². The molecule has 0 aliphatic carbocycles. The van der Waals surface area contributed by atoms with Crippen LogP contribution in [-0.2, 0) is 14.4 Å². The Bertz CT molecular complexity index is 1590. The van der Waals surface area contributed by atoms with E-state index in [-0.39, 0.29) is 40.8 Å². The van der Waals surface area contributed by atoms with E-state index in [0.717, 1.165) is 11.0 Å². The van der Waals surface area contributed by atoms with Gasteiger partial charge in [-0.2, -0.15) is 0 Å². The molecule has 1 N–H and O–H groups in total. The Balaban J connectivity index is 1.57. The number of nitrogens with zero attached hydrogens (tertiary/aromatic N) is 2. The predicted octanol–water partition coefficient (Wildman–Crippen LogP) is 4.29. The van der Waals surface area contributed by atoms with Gasteiger partial charge in [0, 0.05) is 18.2 Å². The predicted molar refractivity (Wildman–Crippen MR) is 147 cm³/mol. The zero-order valence-corrected chi connectivity index (χ0v) is 21.9. The van der Waals surface area contributed by atoms with Crippen molar-refractivity contribution in [2.45, 2.75) is 6.92 Å². The van der Waals surface area contributed by atoms with Gasteiger partial charge >= 0.3 is 12.0 Å². The van der Waals surface area contributed by atoms with E-state index in [1.807, 2.05) is 0 Å². The van der Waals surface area contributed by atoms with Gasteiger partial charge in [0.2, 0.25) is 0 Å². The number of benzene rings is 3. The van der Waals surface area contributed by atoms with Crippen molar-refractivity contribution < 1.29 is 38.3 Å². The maximum absolute atomic E-state index is 13.3. The fourth-order valence-electron chi connectivity index (χ4n) is 3.84. The van der Waals surface area contributed by atoms with Gasteiger partial charge in [-0.15, -0.1) is 0 Å². The van der Waals surface area contributed by atoms with Gasteiger partial charge < -0.3 is 14.2 Å². The fourth-order valence-corrected chi connectivity index (χ4v) is 3.84. The second-order valence-electron chi connectivity index (χ2n) is 8.37. The van der Waals surface area contributed by atoms with Crippen molar-refractivity contribution >= 4 is 47.3 Å². The molecule has 4 amide bonds. The summed E-state index contributed by atoms with van der Waals surface area (Å²) in [5.74, 6) is -1.96. The highest BCUT2D eigenvalue weighted by atomic mass is 16.6. The van der Waals surface area contributed by atoms with Crippen LogP contribution in [0.4, 0.5) is 16.2 Å². The number of nitro benzene ring substituents is 1. The Morgan fingerprint density at radius 2 is 1.68 bits per heavy atom. The van der Waals surface area contributed by atoms with Crippen LogP contribution >= 0.6 is 0 Å². The van der Waals surface area contributed by atoms with Crippen LogP contribution in [0.3, 0.4) is 0 Å². The number of rotatable bonds is 9. The van der Waals surface area contributed by atoms with E-state index in [4.69, 9.17) is 14.2 Å². The maximum Gasteiger partial charge on any atom is 0.336 e. The molecule has 0 atom stereocenters. The SMILES string of the molecule is CCOc1cc(/C=C2\C(=O)NC(=O)N(c3ccccc3OC)C2=O)ccc1OC(=O)/C=C/c1ccc([N+](=O)[O-])cc1. The standard InChI is InChI=1S/C29H23N3O9/c1-3-40-25-17-19(10-14-24(25)41-26(33)15-11-18-8-12-20(13-9-18)32(37)38)16-21-27(34)30-29(36)31(28(21)35)22-6-4-5-7-23(22)39-2/h4-17H,3H2,1-2H3,(H,30,34,36)/b15-11+,21-16+. The van der Waals surface area contributed by atoms with Crippen LogP contribution < -0.4 is 24.4 Å². The number of ether oxygens (including phenoxy) is 3. The van der Waals surface area contributed by atoms with E-state index in [2.05, 4.69) is 5.32 Å². The first-order chi connectivity index (χ1) is 19.7.